The van der Waals surface area contributed by atoms with Gasteiger partial charge in [-0.2, -0.15) is 71.1 Å². The van der Waals surface area contributed by atoms with E-state index in [1.165, 1.54) is 0 Å². The molecule has 0 saturated carbocycles. The number of allylic oxidation sites excluding steroid dienone is 2. The Kier molecular flexibility index (Phi) is 6.58. The van der Waals surface area contributed by atoms with Crippen LogP contribution in [0.2, 0.25) is 0 Å². The van der Waals surface area contributed by atoms with Crippen molar-refractivity contribution < 1.29 is 70.7 Å². The predicted molar refractivity (Wildman–Crippen MR) is 70.6 cm³/mol. The summed E-state index contributed by atoms with van der Waals surface area (Å²) in [6.07, 6.45) is -8.20. The molecular formula is C14H7F15N2O. The number of nitriles is 1. The summed E-state index contributed by atoms with van der Waals surface area (Å²) < 4.78 is 197. The van der Waals surface area contributed by atoms with Crippen molar-refractivity contribution in [2.75, 3.05) is 6.54 Å². The second-order valence-corrected chi connectivity index (χ2v) is 6.27. The van der Waals surface area contributed by atoms with Gasteiger partial charge in [0.15, 0.2) is 0 Å². The Morgan fingerprint density at radius 3 is 1.47 bits per heavy atom. The van der Waals surface area contributed by atoms with Crippen LogP contribution < -0.4 is 5.32 Å². The lowest BCUT2D eigenvalue weighted by Gasteiger charge is -2.41. The normalized spacial score (nSPS) is 18.8. The lowest BCUT2D eigenvalue weighted by atomic mass is 9.88. The van der Waals surface area contributed by atoms with Gasteiger partial charge < -0.3 is 5.32 Å². The van der Waals surface area contributed by atoms with E-state index >= 15 is 0 Å². The fraction of sp³-hybridized carbons (Fsp3) is 0.714. The van der Waals surface area contributed by atoms with Crippen molar-refractivity contribution in [1.82, 2.24) is 5.32 Å². The third-order valence-corrected chi connectivity index (χ3v) is 4.20. The topological polar surface area (TPSA) is 52.9 Å². The highest BCUT2D eigenvalue weighted by atomic mass is 19.4. The molecular weight excluding hydrogens is 497 g/mol. The van der Waals surface area contributed by atoms with Gasteiger partial charge in [0.25, 0.3) is 5.78 Å². The van der Waals surface area contributed by atoms with Gasteiger partial charge in [-0.3, -0.25) is 4.79 Å². The molecule has 0 unspecified atom stereocenters. The lowest BCUT2D eigenvalue weighted by Crippen LogP contribution is -2.73. The first kappa shape index (κ1) is 27.7. The maximum atomic E-state index is 13.8. The number of carbonyl (C=O) groups is 1. The minimum Gasteiger partial charge on any atom is -0.387 e. The Morgan fingerprint density at radius 2 is 1.12 bits per heavy atom. The SMILES string of the molecule is N#CC(C(=O)C(F)(F)C(F)(F)C(F)(F)C(F)(F)C(F)(F)C(F)(F)C(F)(F)F)=C1CCCN1. The largest absolute Gasteiger partial charge is 0.460 e. The highest BCUT2D eigenvalue weighted by Gasteiger charge is 2.94. The Labute approximate surface area is 166 Å². The van der Waals surface area contributed by atoms with Crippen molar-refractivity contribution in [3.8, 4) is 6.07 Å². The van der Waals surface area contributed by atoms with Crippen LogP contribution in [-0.4, -0.2) is 54.0 Å². The van der Waals surface area contributed by atoms with E-state index in [2.05, 4.69) is 0 Å². The van der Waals surface area contributed by atoms with Crippen molar-refractivity contribution in [2.24, 2.45) is 0 Å². The van der Waals surface area contributed by atoms with Crippen LogP contribution >= 0.6 is 0 Å². The first-order valence-electron chi connectivity index (χ1n) is 7.72. The standard InChI is InChI=1S/C14H7F15N2O/c15-8(16,7(32)5(4-30)6-2-1-3-31-6)9(17,18)10(19,20)11(21,22)12(23,24)13(25,26)14(27,28)29/h31H,1-3H2. The van der Waals surface area contributed by atoms with Gasteiger partial charge in [-0.1, -0.05) is 0 Å². The molecule has 0 spiro atoms. The molecule has 1 fully saturated rings. The van der Waals surface area contributed by atoms with Gasteiger partial charge >= 0.3 is 41.7 Å². The molecule has 0 aromatic heterocycles. The molecule has 1 rings (SSSR count). The van der Waals surface area contributed by atoms with Crippen LogP contribution in [0, 0.1) is 11.3 Å². The highest BCUT2D eigenvalue weighted by Crippen LogP contribution is 2.62. The second kappa shape index (κ2) is 7.61. The molecule has 32 heavy (non-hydrogen) atoms. The van der Waals surface area contributed by atoms with Gasteiger partial charge in [0.1, 0.15) is 11.6 Å². The van der Waals surface area contributed by atoms with Crippen LogP contribution in [0.25, 0.3) is 0 Å². The van der Waals surface area contributed by atoms with Crippen molar-refractivity contribution in [3.63, 3.8) is 0 Å². The molecule has 1 saturated heterocycles. The van der Waals surface area contributed by atoms with Crippen molar-refractivity contribution >= 4 is 5.78 Å². The zero-order chi connectivity index (χ0) is 25.8. The average molecular weight is 504 g/mol. The number of hydrogen-bond donors (Lipinski definition) is 1. The van der Waals surface area contributed by atoms with E-state index in [1.54, 1.807) is 0 Å². The number of nitrogens with one attached hydrogen (secondary N) is 1. The monoisotopic (exact) mass is 504 g/mol. The fourth-order valence-corrected chi connectivity index (χ4v) is 2.33. The van der Waals surface area contributed by atoms with Gasteiger partial charge in [-0.05, 0) is 12.8 Å². The first-order valence-corrected chi connectivity index (χ1v) is 7.72. The van der Waals surface area contributed by atoms with Crippen molar-refractivity contribution in [1.29, 1.82) is 5.26 Å². The Morgan fingerprint density at radius 1 is 0.719 bits per heavy atom. The van der Waals surface area contributed by atoms with E-state index in [0.29, 0.717) is 6.07 Å². The summed E-state index contributed by atoms with van der Waals surface area (Å²) in [6.45, 7) is -0.150. The van der Waals surface area contributed by atoms with Crippen LogP contribution in [0.1, 0.15) is 12.8 Å². The molecule has 0 aromatic rings. The fourth-order valence-electron chi connectivity index (χ4n) is 2.33. The number of Topliss-reactive ketones (excluding diaryl/α,β-unsaturated/α-hetero) is 1. The maximum Gasteiger partial charge on any atom is 0.460 e. The van der Waals surface area contributed by atoms with Gasteiger partial charge in [0, 0.05) is 12.2 Å². The predicted octanol–water partition coefficient (Wildman–Crippen LogP) is 5.09. The van der Waals surface area contributed by atoms with Crippen LogP contribution in [0.15, 0.2) is 11.3 Å². The van der Waals surface area contributed by atoms with Crippen LogP contribution in [0.4, 0.5) is 65.9 Å². The number of rotatable bonds is 7. The van der Waals surface area contributed by atoms with Crippen LogP contribution in [0.5, 0.6) is 0 Å². The van der Waals surface area contributed by atoms with Gasteiger partial charge in [0.2, 0.25) is 0 Å². The Hall–Kier alpha value is -2.35. The molecule has 1 heterocycles. The van der Waals surface area contributed by atoms with E-state index in [9.17, 15) is 70.7 Å². The molecule has 184 valence electrons. The number of halogens is 15. The summed E-state index contributed by atoms with van der Waals surface area (Å²) in [5.41, 5.74) is -2.84. The maximum absolute atomic E-state index is 13.8. The number of carbonyl (C=O) groups excluding carboxylic acids is 1. The molecule has 0 aromatic carbocycles. The van der Waals surface area contributed by atoms with Gasteiger partial charge in [-0.25, -0.2) is 0 Å². The zero-order valence-corrected chi connectivity index (χ0v) is 14.6. The third-order valence-electron chi connectivity index (χ3n) is 4.20. The summed E-state index contributed by atoms with van der Waals surface area (Å²) >= 11 is 0. The van der Waals surface area contributed by atoms with Crippen LogP contribution in [-0.2, 0) is 4.79 Å². The molecule has 1 N–H and O–H groups in total. The molecule has 0 amide bonds. The molecule has 0 bridgehead atoms. The summed E-state index contributed by atoms with van der Waals surface area (Å²) in [5.74, 6) is -52.1. The van der Waals surface area contributed by atoms with Crippen LogP contribution in [0.3, 0.4) is 0 Å². The number of hydrogen-bond acceptors (Lipinski definition) is 3. The zero-order valence-electron chi connectivity index (χ0n) is 14.6. The summed E-state index contributed by atoms with van der Waals surface area (Å²) in [5, 5.41) is 10.7. The third kappa shape index (κ3) is 3.52. The van der Waals surface area contributed by atoms with E-state index < -0.39 is 65.2 Å². The second-order valence-electron chi connectivity index (χ2n) is 6.27. The van der Waals surface area contributed by atoms with E-state index in [-0.39, 0.29) is 13.0 Å². The molecule has 0 radical (unpaired) electrons. The number of alkyl halides is 15. The van der Waals surface area contributed by atoms with E-state index in [4.69, 9.17) is 5.26 Å². The molecule has 0 aliphatic carbocycles. The highest BCUT2D eigenvalue weighted by molar-refractivity contribution is 6.05. The van der Waals surface area contributed by atoms with Crippen molar-refractivity contribution in [2.45, 2.75) is 54.6 Å². The molecule has 3 nitrogen and oxygen atoms in total. The smallest absolute Gasteiger partial charge is 0.387 e. The molecule has 0 atom stereocenters. The molecule has 1 aliphatic heterocycles. The lowest BCUT2D eigenvalue weighted by molar-refractivity contribution is -0.449. The van der Waals surface area contributed by atoms with E-state index in [1.807, 2.05) is 5.32 Å². The minimum absolute atomic E-state index is 0.0112. The quantitative estimate of drug-likeness (QED) is 0.299. The Bertz CT molecular complexity index is 826. The average Bonchev–Trinajstić information content (AvgIpc) is 3.14. The Balaban J connectivity index is 3.64. The molecule has 1 aliphatic rings. The number of ketones is 1. The van der Waals surface area contributed by atoms with E-state index in [0.717, 1.165) is 0 Å². The first-order chi connectivity index (χ1) is 14.0. The molecule has 18 heteroatoms. The summed E-state index contributed by atoms with van der Waals surface area (Å²) in [4.78, 5) is 11.6. The van der Waals surface area contributed by atoms with Gasteiger partial charge in [0.05, 0.1) is 0 Å². The summed E-state index contributed by atoms with van der Waals surface area (Å²) in [7, 11) is 0. The number of nitrogens with zero attached hydrogens (tertiary/aromatic N) is 1. The summed E-state index contributed by atoms with van der Waals surface area (Å²) in [6, 6.07) is 0.592. The van der Waals surface area contributed by atoms with Crippen molar-refractivity contribution in [3.05, 3.63) is 11.3 Å². The minimum atomic E-state index is -8.49. The van der Waals surface area contributed by atoms with Gasteiger partial charge in [-0.15, -0.1) is 0 Å².